The molecule has 2 fully saturated rings. The zero-order chi connectivity index (χ0) is 20.5. The topological polar surface area (TPSA) is 84.3 Å². The molecule has 0 unspecified atom stereocenters. The highest BCUT2D eigenvalue weighted by Crippen LogP contribution is 2.38. The van der Waals surface area contributed by atoms with Gasteiger partial charge in [-0.25, -0.2) is 9.97 Å². The van der Waals surface area contributed by atoms with Crippen LogP contribution in [0.15, 0.2) is 30.6 Å². The Morgan fingerprint density at radius 1 is 1.19 bits per heavy atom. The number of amides is 1. The number of imidazole rings is 1. The highest BCUT2D eigenvalue weighted by molar-refractivity contribution is 5.92. The number of hydrogen-bond donors (Lipinski definition) is 2. The molecule has 2 N–H and O–H groups in total. The quantitative estimate of drug-likeness (QED) is 0.694. The van der Waals surface area contributed by atoms with Crippen LogP contribution in [0.25, 0.3) is 0 Å². The molecule has 3 aliphatic rings. The summed E-state index contributed by atoms with van der Waals surface area (Å²) in [5, 5.41) is 6.92. The Kier molecular flexibility index (Phi) is 8.38. The van der Waals surface area contributed by atoms with Crippen LogP contribution in [0.5, 0.6) is 0 Å². The van der Waals surface area contributed by atoms with E-state index in [1.807, 2.05) is 29.3 Å². The second-order valence-corrected chi connectivity index (χ2v) is 8.68. The molecular weight excluding hydrogens is 451 g/mol. The summed E-state index contributed by atoms with van der Waals surface area (Å²) in [4.78, 5) is 24.3. The first kappa shape index (κ1) is 24.8. The summed E-state index contributed by atoms with van der Waals surface area (Å²) < 4.78 is 7.95. The molecule has 2 aromatic rings. The number of likely N-dealkylation sites (tertiary alicyclic amines) is 1. The van der Waals surface area contributed by atoms with Gasteiger partial charge in [0, 0.05) is 58.6 Å². The SMILES string of the molecule is CO[C@@H]1C[C@H]2CN(C(=O)c3cn4c(n3)CCNCC4)C[C@H]2C[C@H]1Nc1ccccn1.Cl.Cl. The van der Waals surface area contributed by atoms with Crippen LogP contribution in [-0.2, 0) is 17.7 Å². The van der Waals surface area contributed by atoms with Gasteiger partial charge in [-0.05, 0) is 36.8 Å². The monoisotopic (exact) mass is 482 g/mol. The molecule has 2 aliphatic heterocycles. The molecule has 4 heterocycles. The van der Waals surface area contributed by atoms with Crippen LogP contribution in [0.2, 0.25) is 0 Å². The van der Waals surface area contributed by atoms with Crippen LogP contribution in [0.3, 0.4) is 0 Å². The first-order valence-electron chi connectivity index (χ1n) is 11.0. The van der Waals surface area contributed by atoms with Crippen molar-refractivity contribution in [3.63, 3.8) is 0 Å². The number of hydrogen-bond acceptors (Lipinski definition) is 6. The number of nitrogens with zero attached hydrogens (tertiary/aromatic N) is 4. The molecule has 10 heteroatoms. The lowest BCUT2D eigenvalue weighted by molar-refractivity contribution is 0.0304. The van der Waals surface area contributed by atoms with Crippen LogP contribution >= 0.6 is 24.8 Å². The number of methoxy groups -OCH3 is 1. The van der Waals surface area contributed by atoms with Gasteiger partial charge in [0.25, 0.3) is 5.91 Å². The van der Waals surface area contributed by atoms with Crippen LogP contribution < -0.4 is 10.6 Å². The van der Waals surface area contributed by atoms with Crippen LogP contribution in [-0.4, -0.2) is 70.8 Å². The summed E-state index contributed by atoms with van der Waals surface area (Å²) in [5.41, 5.74) is 0.594. The second kappa shape index (κ2) is 10.8. The minimum atomic E-state index is 0. The average Bonchev–Trinajstić information content (AvgIpc) is 3.30. The Bertz CT molecular complexity index is 872. The molecule has 1 amide bonds. The summed E-state index contributed by atoms with van der Waals surface area (Å²) in [6.45, 7) is 4.31. The fraction of sp³-hybridized carbons (Fsp3) is 0.591. The van der Waals surface area contributed by atoms with Crippen molar-refractivity contribution in [1.29, 1.82) is 0 Å². The van der Waals surface area contributed by atoms with Crippen molar-refractivity contribution >= 4 is 36.5 Å². The molecule has 5 rings (SSSR count). The maximum atomic E-state index is 13.2. The first-order valence-corrected chi connectivity index (χ1v) is 11.0. The molecule has 0 radical (unpaired) electrons. The summed E-state index contributed by atoms with van der Waals surface area (Å²) in [7, 11) is 1.78. The fourth-order valence-electron chi connectivity index (χ4n) is 5.27. The Labute approximate surface area is 201 Å². The summed E-state index contributed by atoms with van der Waals surface area (Å²) in [5.74, 6) is 2.92. The Morgan fingerprint density at radius 3 is 2.75 bits per heavy atom. The number of nitrogens with one attached hydrogen (secondary N) is 2. The number of ether oxygens (including phenoxy) is 1. The lowest BCUT2D eigenvalue weighted by Crippen LogP contribution is -2.44. The lowest BCUT2D eigenvalue weighted by Gasteiger charge is -2.37. The number of fused-ring (bicyclic) bond motifs is 2. The number of anilines is 1. The van der Waals surface area contributed by atoms with Gasteiger partial charge in [-0.3, -0.25) is 4.79 Å². The molecule has 1 aliphatic carbocycles. The van der Waals surface area contributed by atoms with Gasteiger partial charge in [-0.2, -0.15) is 0 Å². The number of carbonyl (C=O) groups is 1. The van der Waals surface area contributed by atoms with Crippen molar-refractivity contribution in [3.05, 3.63) is 42.1 Å². The molecule has 1 saturated carbocycles. The Hall–Kier alpha value is -1.87. The molecule has 0 bridgehead atoms. The minimum Gasteiger partial charge on any atom is -0.379 e. The van der Waals surface area contributed by atoms with Crippen molar-refractivity contribution in [2.24, 2.45) is 11.8 Å². The van der Waals surface area contributed by atoms with E-state index in [0.29, 0.717) is 17.5 Å². The van der Waals surface area contributed by atoms with Gasteiger partial charge in [0.1, 0.15) is 17.3 Å². The molecule has 0 spiro atoms. The Morgan fingerprint density at radius 2 is 2.00 bits per heavy atom. The van der Waals surface area contributed by atoms with Gasteiger partial charge in [-0.15, -0.1) is 24.8 Å². The van der Waals surface area contributed by atoms with Gasteiger partial charge in [-0.1, -0.05) is 6.07 Å². The van der Waals surface area contributed by atoms with Gasteiger partial charge in [0.05, 0.1) is 12.1 Å². The van der Waals surface area contributed by atoms with Crippen molar-refractivity contribution in [2.75, 3.05) is 38.6 Å². The van der Waals surface area contributed by atoms with Crippen molar-refractivity contribution in [2.45, 2.75) is 38.0 Å². The van der Waals surface area contributed by atoms with E-state index in [2.05, 4.69) is 25.2 Å². The van der Waals surface area contributed by atoms with Gasteiger partial charge < -0.3 is 24.8 Å². The normalized spacial score (nSPS) is 26.7. The molecule has 4 atom stereocenters. The fourth-order valence-corrected chi connectivity index (χ4v) is 5.27. The van der Waals surface area contributed by atoms with E-state index in [1.54, 1.807) is 13.3 Å². The molecule has 0 aromatic carbocycles. The van der Waals surface area contributed by atoms with E-state index in [1.165, 1.54) is 0 Å². The smallest absolute Gasteiger partial charge is 0.274 e. The largest absolute Gasteiger partial charge is 0.379 e. The lowest BCUT2D eigenvalue weighted by atomic mass is 9.77. The first-order chi connectivity index (χ1) is 14.7. The molecular formula is C22H32Cl2N6O2. The van der Waals surface area contributed by atoms with E-state index >= 15 is 0 Å². The highest BCUT2D eigenvalue weighted by atomic mass is 35.5. The molecule has 176 valence electrons. The maximum absolute atomic E-state index is 13.2. The number of rotatable bonds is 4. The summed E-state index contributed by atoms with van der Waals surface area (Å²) in [6.07, 6.45) is 6.68. The van der Waals surface area contributed by atoms with Crippen LogP contribution in [0.4, 0.5) is 5.82 Å². The minimum absolute atomic E-state index is 0. The Balaban J connectivity index is 0.00000144. The standard InChI is InChI=1S/C22H30N6O2.2ClH/c1-30-19-11-16-13-28(12-15(16)10-17(19)25-20-4-2-3-6-24-20)22(29)18-14-27-9-8-23-7-5-21(27)26-18;;/h2-4,6,14-17,19,23H,5,7-13H2,1H3,(H,24,25);2*1H/t15-,16+,17-,19-;;/m1../s1. The average molecular weight is 483 g/mol. The van der Waals surface area contributed by atoms with Crippen molar-refractivity contribution in [1.82, 2.24) is 24.8 Å². The zero-order valence-corrected chi connectivity index (χ0v) is 19.9. The van der Waals surface area contributed by atoms with E-state index in [0.717, 1.165) is 63.6 Å². The molecule has 1 saturated heterocycles. The maximum Gasteiger partial charge on any atom is 0.274 e. The third kappa shape index (κ3) is 5.03. The van der Waals surface area contributed by atoms with E-state index in [9.17, 15) is 4.79 Å². The number of aromatic nitrogens is 3. The van der Waals surface area contributed by atoms with Crippen molar-refractivity contribution < 1.29 is 9.53 Å². The predicted octanol–water partition coefficient (Wildman–Crippen LogP) is 2.25. The van der Waals surface area contributed by atoms with E-state index in [-0.39, 0.29) is 42.9 Å². The second-order valence-electron chi connectivity index (χ2n) is 8.68. The van der Waals surface area contributed by atoms with E-state index in [4.69, 9.17) is 4.74 Å². The summed E-state index contributed by atoms with van der Waals surface area (Å²) >= 11 is 0. The highest BCUT2D eigenvalue weighted by Gasteiger charge is 2.44. The van der Waals surface area contributed by atoms with E-state index < -0.39 is 0 Å². The van der Waals surface area contributed by atoms with Gasteiger partial charge >= 0.3 is 0 Å². The van der Waals surface area contributed by atoms with Crippen molar-refractivity contribution in [3.8, 4) is 0 Å². The van der Waals surface area contributed by atoms with Crippen LogP contribution in [0.1, 0.15) is 29.2 Å². The molecule has 2 aromatic heterocycles. The molecule has 32 heavy (non-hydrogen) atoms. The van der Waals surface area contributed by atoms with Crippen LogP contribution in [0, 0.1) is 11.8 Å². The number of pyridine rings is 1. The predicted molar refractivity (Wildman–Crippen MR) is 128 cm³/mol. The molecule has 8 nitrogen and oxygen atoms in total. The summed E-state index contributed by atoms with van der Waals surface area (Å²) in [6, 6.07) is 6.10. The van der Waals surface area contributed by atoms with Gasteiger partial charge in [0.2, 0.25) is 0 Å². The third-order valence-corrected chi connectivity index (χ3v) is 6.84. The number of carbonyl (C=O) groups excluding carboxylic acids is 1. The number of halogens is 2. The van der Waals surface area contributed by atoms with Gasteiger partial charge in [0.15, 0.2) is 0 Å². The third-order valence-electron chi connectivity index (χ3n) is 6.84. The zero-order valence-electron chi connectivity index (χ0n) is 18.3.